The Hall–Kier alpha value is -4.29. The Labute approximate surface area is 231 Å². The topological polar surface area (TPSA) is 101 Å². The smallest absolute Gasteiger partial charge is 0.336 e. The summed E-state index contributed by atoms with van der Waals surface area (Å²) in [6.45, 7) is 1.48. The summed E-state index contributed by atoms with van der Waals surface area (Å²) in [5.41, 5.74) is 1.88. The van der Waals surface area contributed by atoms with Gasteiger partial charge in [0.2, 0.25) is 0 Å². The lowest BCUT2D eigenvalue weighted by molar-refractivity contribution is 0.282. The summed E-state index contributed by atoms with van der Waals surface area (Å²) in [6.07, 6.45) is 3.00. The minimum Gasteiger partial charge on any atom is -0.392 e. The molecule has 194 valence electrons. The van der Waals surface area contributed by atoms with E-state index in [1.807, 2.05) is 0 Å². The van der Waals surface area contributed by atoms with Gasteiger partial charge in [0.15, 0.2) is 0 Å². The molecule has 0 saturated heterocycles. The summed E-state index contributed by atoms with van der Waals surface area (Å²) in [4.78, 5) is 31.8. The Balaban J connectivity index is 1.86. The number of aromatic nitrogens is 3. The van der Waals surface area contributed by atoms with E-state index in [0.717, 1.165) is 16.2 Å². The number of aliphatic hydroxyl groups excluding tert-OH is 1. The highest BCUT2D eigenvalue weighted by Crippen LogP contribution is 2.34. The van der Waals surface area contributed by atoms with Crippen LogP contribution in [-0.2, 0) is 13.2 Å². The minimum atomic E-state index is -0.682. The zero-order valence-corrected chi connectivity index (χ0v) is 22.0. The molecule has 0 atom stereocenters. The summed E-state index contributed by atoms with van der Waals surface area (Å²) >= 11 is 13.2. The first-order valence-corrected chi connectivity index (χ1v) is 12.5. The van der Waals surface area contributed by atoms with Crippen molar-refractivity contribution in [3.8, 4) is 22.9 Å². The molecule has 0 spiro atoms. The highest BCUT2D eigenvalue weighted by molar-refractivity contribution is 6.36. The average molecular weight is 561 g/mol. The lowest BCUT2D eigenvalue weighted by Crippen LogP contribution is -2.39. The lowest BCUT2D eigenvalue weighted by Gasteiger charge is -2.17. The predicted molar refractivity (Wildman–Crippen MR) is 148 cm³/mol. The molecular weight excluding hydrogens is 542 g/mol. The molecule has 0 aliphatic rings. The third kappa shape index (κ3) is 4.84. The van der Waals surface area contributed by atoms with Crippen LogP contribution in [-0.4, -0.2) is 19.2 Å². The van der Waals surface area contributed by atoms with Crippen molar-refractivity contribution < 1.29 is 9.50 Å². The van der Waals surface area contributed by atoms with E-state index in [1.54, 1.807) is 55.6 Å². The van der Waals surface area contributed by atoms with Gasteiger partial charge in [0.05, 0.1) is 46.5 Å². The number of benzene rings is 3. The van der Waals surface area contributed by atoms with E-state index in [4.69, 9.17) is 23.2 Å². The van der Waals surface area contributed by atoms with Crippen molar-refractivity contribution >= 4 is 34.1 Å². The zero-order valence-electron chi connectivity index (χ0n) is 20.5. The van der Waals surface area contributed by atoms with Crippen LogP contribution in [0.1, 0.15) is 22.3 Å². The van der Waals surface area contributed by atoms with Gasteiger partial charge in [-0.1, -0.05) is 35.3 Å². The summed E-state index contributed by atoms with van der Waals surface area (Å²) in [7, 11) is 0. The fraction of sp³-hybridized carbons (Fsp3) is 0.103. The molecular formula is C29H19Cl2FN4O3. The van der Waals surface area contributed by atoms with Crippen molar-refractivity contribution in [1.82, 2.24) is 14.1 Å². The number of fused-ring (bicyclic) bond motifs is 1. The van der Waals surface area contributed by atoms with Crippen LogP contribution in [0.15, 0.2) is 76.6 Å². The Bertz CT molecular complexity index is 1940. The molecule has 0 radical (unpaired) electrons. The number of aryl methyl sites for hydroxylation is 1. The summed E-state index contributed by atoms with van der Waals surface area (Å²) in [5, 5.41) is 19.5. The van der Waals surface area contributed by atoms with E-state index >= 15 is 0 Å². The zero-order chi connectivity index (χ0) is 27.8. The fourth-order valence-electron chi connectivity index (χ4n) is 4.47. The molecule has 1 N–H and O–H groups in total. The van der Waals surface area contributed by atoms with Gasteiger partial charge >= 0.3 is 5.69 Å². The first kappa shape index (κ1) is 26.3. The lowest BCUT2D eigenvalue weighted by atomic mass is 10.0. The Morgan fingerprint density at radius 1 is 1.00 bits per heavy atom. The molecule has 0 unspecified atom stereocenters. The standard InChI is InChI=1S/C29H19Cl2FN4O3/c1-16-6-21(13-34-12-16)36-28(38)27-24(31)9-19(22-8-18(15-37)2-4-23(22)30)10-26(27)35(29(36)39)14-17-3-5-25(32)20(7-17)11-33/h2-10,12-13,37H,14-15H2,1H3. The Morgan fingerprint density at radius 3 is 2.49 bits per heavy atom. The van der Waals surface area contributed by atoms with Crippen molar-refractivity contribution in [2.75, 3.05) is 0 Å². The van der Waals surface area contributed by atoms with Gasteiger partial charge in [-0.15, -0.1) is 0 Å². The first-order chi connectivity index (χ1) is 18.7. The van der Waals surface area contributed by atoms with E-state index in [9.17, 15) is 24.3 Å². The number of hydrogen-bond acceptors (Lipinski definition) is 5. The van der Waals surface area contributed by atoms with Gasteiger partial charge < -0.3 is 5.11 Å². The van der Waals surface area contributed by atoms with Crippen molar-refractivity contribution in [1.29, 1.82) is 5.26 Å². The number of nitrogens with zero attached hydrogens (tertiary/aromatic N) is 4. The molecule has 2 aromatic heterocycles. The number of hydrogen-bond donors (Lipinski definition) is 1. The van der Waals surface area contributed by atoms with Crippen LogP contribution in [0.5, 0.6) is 0 Å². The molecule has 0 amide bonds. The molecule has 39 heavy (non-hydrogen) atoms. The van der Waals surface area contributed by atoms with Crippen LogP contribution in [0.2, 0.25) is 10.0 Å². The first-order valence-electron chi connectivity index (χ1n) is 11.7. The van der Waals surface area contributed by atoms with Crippen molar-refractivity contribution in [2.24, 2.45) is 0 Å². The number of aliphatic hydroxyl groups is 1. The molecule has 10 heteroatoms. The van der Waals surface area contributed by atoms with Gasteiger partial charge in [0, 0.05) is 16.8 Å². The van der Waals surface area contributed by atoms with Crippen LogP contribution in [0, 0.1) is 24.1 Å². The second-order valence-electron chi connectivity index (χ2n) is 8.98. The summed E-state index contributed by atoms with van der Waals surface area (Å²) in [5.74, 6) is -0.682. The third-order valence-electron chi connectivity index (χ3n) is 6.33. The van der Waals surface area contributed by atoms with Crippen molar-refractivity contribution in [2.45, 2.75) is 20.1 Å². The van der Waals surface area contributed by atoms with Gasteiger partial charge in [-0.2, -0.15) is 5.26 Å². The van der Waals surface area contributed by atoms with Gasteiger partial charge in [0.1, 0.15) is 11.9 Å². The van der Waals surface area contributed by atoms with E-state index < -0.39 is 17.1 Å². The Kier molecular flexibility index (Phi) is 7.06. The monoisotopic (exact) mass is 560 g/mol. The maximum atomic E-state index is 14.0. The van der Waals surface area contributed by atoms with Gasteiger partial charge in [0.25, 0.3) is 5.56 Å². The van der Waals surface area contributed by atoms with E-state index in [0.29, 0.717) is 27.3 Å². The predicted octanol–water partition coefficient (Wildman–Crippen LogP) is 5.38. The average Bonchev–Trinajstić information content (AvgIpc) is 2.92. The maximum Gasteiger partial charge on any atom is 0.336 e. The molecule has 0 aliphatic heterocycles. The van der Waals surface area contributed by atoms with Gasteiger partial charge in [-0.3, -0.25) is 14.3 Å². The number of pyridine rings is 1. The van der Waals surface area contributed by atoms with Crippen LogP contribution in [0.25, 0.3) is 27.7 Å². The van der Waals surface area contributed by atoms with E-state index in [1.165, 1.54) is 22.9 Å². The molecule has 3 aromatic carbocycles. The van der Waals surface area contributed by atoms with Crippen LogP contribution in [0.4, 0.5) is 4.39 Å². The van der Waals surface area contributed by atoms with Crippen molar-refractivity contribution in [3.63, 3.8) is 0 Å². The highest BCUT2D eigenvalue weighted by Gasteiger charge is 2.20. The highest BCUT2D eigenvalue weighted by atomic mass is 35.5. The molecule has 2 heterocycles. The molecule has 0 aliphatic carbocycles. The van der Waals surface area contributed by atoms with Crippen LogP contribution in [0.3, 0.4) is 0 Å². The SMILES string of the molecule is Cc1cncc(-n2c(=O)c3c(Cl)cc(-c4cc(CO)ccc4Cl)cc3n(Cc3ccc(F)c(C#N)c3)c2=O)c1. The second kappa shape index (κ2) is 10.5. The normalized spacial score (nSPS) is 11.1. The van der Waals surface area contributed by atoms with Gasteiger partial charge in [-0.25, -0.2) is 13.8 Å². The maximum absolute atomic E-state index is 14.0. The molecule has 5 aromatic rings. The Morgan fingerprint density at radius 2 is 1.77 bits per heavy atom. The van der Waals surface area contributed by atoms with E-state index in [2.05, 4.69) is 4.98 Å². The van der Waals surface area contributed by atoms with Crippen LogP contribution < -0.4 is 11.2 Å². The third-order valence-corrected chi connectivity index (χ3v) is 6.96. The summed E-state index contributed by atoms with van der Waals surface area (Å²) in [6, 6.07) is 15.6. The van der Waals surface area contributed by atoms with Gasteiger partial charge in [-0.05, 0) is 71.6 Å². The number of nitriles is 1. The molecule has 0 saturated carbocycles. The van der Waals surface area contributed by atoms with Crippen LogP contribution >= 0.6 is 23.2 Å². The fourth-order valence-corrected chi connectivity index (χ4v) is 4.99. The number of rotatable bonds is 5. The minimum absolute atomic E-state index is 0.0814. The van der Waals surface area contributed by atoms with Crippen molar-refractivity contribution in [3.05, 3.63) is 126 Å². The molecule has 0 bridgehead atoms. The molecule has 0 fully saturated rings. The van der Waals surface area contributed by atoms with E-state index in [-0.39, 0.29) is 40.3 Å². The quantitative estimate of drug-likeness (QED) is 0.311. The molecule has 5 rings (SSSR count). The molecule has 7 nitrogen and oxygen atoms in total. The second-order valence-corrected chi connectivity index (χ2v) is 9.79. The summed E-state index contributed by atoms with van der Waals surface area (Å²) < 4.78 is 16.3. The number of halogens is 3. The largest absolute Gasteiger partial charge is 0.392 e.